The van der Waals surface area contributed by atoms with Gasteiger partial charge in [-0.05, 0) is 38.5 Å². The van der Waals surface area contributed by atoms with Gasteiger partial charge in [-0.15, -0.1) is 0 Å². The van der Waals surface area contributed by atoms with Crippen LogP contribution >= 0.6 is 0 Å². The van der Waals surface area contributed by atoms with Crippen molar-refractivity contribution in [3.05, 3.63) is 70.6 Å². The molecule has 6 heteroatoms. The SMILES string of the molecule is CCn1c2ccccc2c2ccc(C3C(C(=O)OC)=C(C)NC(C)=C3C(=O)OC)cc21. The van der Waals surface area contributed by atoms with Crippen LogP contribution < -0.4 is 5.32 Å². The number of aromatic nitrogens is 1. The molecule has 0 spiro atoms. The monoisotopic (exact) mass is 418 g/mol. The zero-order chi connectivity index (χ0) is 22.3. The number of fused-ring (bicyclic) bond motifs is 3. The van der Waals surface area contributed by atoms with E-state index < -0.39 is 17.9 Å². The second kappa shape index (κ2) is 7.95. The van der Waals surface area contributed by atoms with Crippen molar-refractivity contribution in [3.8, 4) is 0 Å². The summed E-state index contributed by atoms with van der Waals surface area (Å²) < 4.78 is 12.4. The minimum absolute atomic E-state index is 0.409. The number of rotatable bonds is 4. The van der Waals surface area contributed by atoms with Gasteiger partial charge in [0.2, 0.25) is 0 Å². The van der Waals surface area contributed by atoms with Crippen LogP contribution in [0.4, 0.5) is 0 Å². The molecule has 1 aliphatic heterocycles. The van der Waals surface area contributed by atoms with E-state index in [1.165, 1.54) is 19.6 Å². The number of allylic oxidation sites excluding steroid dienone is 2. The third-order valence-electron chi connectivity index (χ3n) is 6.02. The minimum atomic E-state index is -0.589. The molecule has 1 aliphatic rings. The number of methoxy groups -OCH3 is 2. The van der Waals surface area contributed by atoms with Gasteiger partial charge in [-0.1, -0.05) is 30.3 Å². The van der Waals surface area contributed by atoms with Crippen molar-refractivity contribution in [1.29, 1.82) is 0 Å². The van der Waals surface area contributed by atoms with E-state index in [9.17, 15) is 9.59 Å². The number of dihydropyridines is 1. The zero-order valence-electron chi connectivity index (χ0n) is 18.4. The van der Waals surface area contributed by atoms with Gasteiger partial charge in [-0.2, -0.15) is 0 Å². The molecule has 2 aromatic carbocycles. The molecule has 31 heavy (non-hydrogen) atoms. The van der Waals surface area contributed by atoms with E-state index in [4.69, 9.17) is 9.47 Å². The molecule has 0 amide bonds. The first-order valence-corrected chi connectivity index (χ1v) is 10.3. The highest BCUT2D eigenvalue weighted by Crippen LogP contribution is 2.41. The van der Waals surface area contributed by atoms with Gasteiger partial charge in [0.15, 0.2) is 0 Å². The Kier molecular flexibility index (Phi) is 5.31. The Morgan fingerprint density at radius 2 is 1.48 bits per heavy atom. The quantitative estimate of drug-likeness (QED) is 0.636. The van der Waals surface area contributed by atoms with Crippen LogP contribution in [-0.4, -0.2) is 30.7 Å². The van der Waals surface area contributed by atoms with Gasteiger partial charge in [-0.3, -0.25) is 0 Å². The molecule has 0 bridgehead atoms. The molecule has 160 valence electrons. The van der Waals surface area contributed by atoms with Gasteiger partial charge >= 0.3 is 11.9 Å². The highest BCUT2D eigenvalue weighted by atomic mass is 16.5. The molecule has 0 saturated heterocycles. The normalized spacial score (nSPS) is 14.9. The molecule has 0 fully saturated rings. The smallest absolute Gasteiger partial charge is 0.336 e. The summed E-state index contributed by atoms with van der Waals surface area (Å²) >= 11 is 0. The van der Waals surface area contributed by atoms with E-state index in [-0.39, 0.29) is 0 Å². The molecule has 1 aromatic heterocycles. The first-order chi connectivity index (χ1) is 14.9. The summed E-state index contributed by atoms with van der Waals surface area (Å²) in [5.41, 5.74) is 5.20. The largest absolute Gasteiger partial charge is 0.466 e. The van der Waals surface area contributed by atoms with Crippen molar-refractivity contribution in [2.75, 3.05) is 14.2 Å². The molecule has 0 unspecified atom stereocenters. The maximum atomic E-state index is 12.8. The van der Waals surface area contributed by atoms with Crippen molar-refractivity contribution < 1.29 is 19.1 Å². The predicted molar refractivity (Wildman–Crippen MR) is 120 cm³/mol. The van der Waals surface area contributed by atoms with Gasteiger partial charge < -0.3 is 19.4 Å². The number of esters is 2. The van der Waals surface area contributed by atoms with Crippen LogP contribution in [-0.2, 0) is 25.6 Å². The Balaban J connectivity index is 2.01. The van der Waals surface area contributed by atoms with Crippen LogP contribution in [0, 0.1) is 0 Å². The molecule has 0 aliphatic carbocycles. The fourth-order valence-corrected chi connectivity index (χ4v) is 4.67. The molecular weight excluding hydrogens is 392 g/mol. The summed E-state index contributed by atoms with van der Waals surface area (Å²) in [6.45, 7) is 6.55. The average molecular weight is 418 g/mol. The number of hydrogen-bond acceptors (Lipinski definition) is 5. The fraction of sp³-hybridized carbons (Fsp3) is 0.280. The van der Waals surface area contributed by atoms with Crippen LogP contribution in [0.2, 0.25) is 0 Å². The van der Waals surface area contributed by atoms with Gasteiger partial charge in [-0.25, -0.2) is 9.59 Å². The van der Waals surface area contributed by atoms with Crippen LogP contribution in [0.5, 0.6) is 0 Å². The maximum Gasteiger partial charge on any atom is 0.336 e. The average Bonchev–Trinajstić information content (AvgIpc) is 3.10. The Bertz CT molecular complexity index is 1240. The standard InChI is InChI=1S/C25H26N2O4/c1-6-27-19-10-8-7-9-17(19)18-12-11-16(13-20(18)27)23-21(24(28)30-4)14(2)26-15(3)22(23)25(29)31-5/h7-13,23,26H,6H2,1-5H3. The molecule has 0 saturated carbocycles. The number of nitrogens with one attached hydrogen (secondary N) is 1. The van der Waals surface area contributed by atoms with Crippen molar-refractivity contribution in [3.63, 3.8) is 0 Å². The topological polar surface area (TPSA) is 69.6 Å². The first kappa shape index (κ1) is 20.7. The van der Waals surface area contributed by atoms with E-state index in [1.54, 1.807) is 0 Å². The highest BCUT2D eigenvalue weighted by Gasteiger charge is 2.37. The molecule has 2 heterocycles. The van der Waals surface area contributed by atoms with Crippen molar-refractivity contribution >= 4 is 33.7 Å². The summed E-state index contributed by atoms with van der Waals surface area (Å²) in [5, 5.41) is 5.46. The van der Waals surface area contributed by atoms with Crippen LogP contribution in [0.25, 0.3) is 21.8 Å². The second-order valence-corrected chi connectivity index (χ2v) is 7.66. The summed E-state index contributed by atoms with van der Waals surface area (Å²) in [7, 11) is 2.70. The third-order valence-corrected chi connectivity index (χ3v) is 6.02. The minimum Gasteiger partial charge on any atom is -0.466 e. The van der Waals surface area contributed by atoms with E-state index in [1.807, 2.05) is 32.0 Å². The van der Waals surface area contributed by atoms with E-state index >= 15 is 0 Å². The molecular formula is C25H26N2O4. The molecule has 0 radical (unpaired) electrons. The summed E-state index contributed by atoms with van der Waals surface area (Å²) in [4.78, 5) is 25.5. The number of aryl methyl sites for hydroxylation is 1. The highest BCUT2D eigenvalue weighted by molar-refractivity contribution is 6.08. The van der Waals surface area contributed by atoms with Crippen molar-refractivity contribution in [2.24, 2.45) is 0 Å². The summed E-state index contributed by atoms with van der Waals surface area (Å²) in [6.07, 6.45) is 0. The Morgan fingerprint density at radius 3 is 2.06 bits per heavy atom. The van der Waals surface area contributed by atoms with Crippen LogP contribution in [0.15, 0.2) is 65.0 Å². The summed E-state index contributed by atoms with van der Waals surface area (Å²) in [6, 6.07) is 14.4. The van der Waals surface area contributed by atoms with E-state index in [2.05, 4.69) is 41.1 Å². The Labute approximate surface area is 181 Å². The van der Waals surface area contributed by atoms with E-state index in [0.29, 0.717) is 22.5 Å². The number of para-hydroxylation sites is 1. The molecule has 1 N–H and O–H groups in total. The van der Waals surface area contributed by atoms with Gasteiger partial charge in [0, 0.05) is 39.7 Å². The summed E-state index contributed by atoms with van der Waals surface area (Å²) in [5.74, 6) is -1.53. The van der Waals surface area contributed by atoms with Gasteiger partial charge in [0.1, 0.15) is 0 Å². The zero-order valence-corrected chi connectivity index (χ0v) is 18.4. The van der Waals surface area contributed by atoms with E-state index in [0.717, 1.165) is 28.5 Å². The lowest BCUT2D eigenvalue weighted by Crippen LogP contribution is -2.32. The number of benzene rings is 2. The number of hydrogen-bond donors (Lipinski definition) is 1. The lowest BCUT2D eigenvalue weighted by molar-refractivity contribution is -0.137. The Hall–Kier alpha value is -3.54. The first-order valence-electron chi connectivity index (χ1n) is 10.3. The number of carbonyl (C=O) groups excluding carboxylic acids is 2. The van der Waals surface area contributed by atoms with Crippen LogP contribution in [0.1, 0.15) is 32.3 Å². The Morgan fingerprint density at radius 1 is 0.903 bits per heavy atom. The van der Waals surface area contributed by atoms with Gasteiger partial charge in [0.25, 0.3) is 0 Å². The molecule has 0 atom stereocenters. The number of carbonyl (C=O) groups is 2. The fourth-order valence-electron chi connectivity index (χ4n) is 4.67. The molecule has 4 rings (SSSR count). The maximum absolute atomic E-state index is 12.8. The lowest BCUT2D eigenvalue weighted by atomic mass is 9.80. The lowest BCUT2D eigenvalue weighted by Gasteiger charge is -2.30. The van der Waals surface area contributed by atoms with Crippen molar-refractivity contribution in [2.45, 2.75) is 33.2 Å². The third kappa shape index (κ3) is 3.19. The molecule has 6 nitrogen and oxygen atoms in total. The number of ether oxygens (including phenoxy) is 2. The second-order valence-electron chi connectivity index (χ2n) is 7.66. The van der Waals surface area contributed by atoms with Gasteiger partial charge in [0.05, 0.1) is 31.3 Å². The van der Waals surface area contributed by atoms with Crippen LogP contribution in [0.3, 0.4) is 0 Å². The number of nitrogens with zero attached hydrogens (tertiary/aromatic N) is 1. The molecule has 3 aromatic rings. The van der Waals surface area contributed by atoms with Crippen molar-refractivity contribution in [1.82, 2.24) is 9.88 Å². The predicted octanol–water partition coefficient (Wildman–Crippen LogP) is 4.40.